The summed E-state index contributed by atoms with van der Waals surface area (Å²) in [6.07, 6.45) is -4.46. The van der Waals surface area contributed by atoms with Crippen molar-refractivity contribution in [1.29, 1.82) is 0 Å². The summed E-state index contributed by atoms with van der Waals surface area (Å²) < 4.78 is 39.3. The number of amides is 1. The Kier molecular flexibility index (Phi) is 4.57. The highest BCUT2D eigenvalue weighted by Gasteiger charge is 2.34. The van der Waals surface area contributed by atoms with E-state index in [0.717, 1.165) is 22.5 Å². The van der Waals surface area contributed by atoms with Crippen LogP contribution in [0.25, 0.3) is 10.2 Å². The number of halogens is 3. The molecule has 2 aromatic rings. The van der Waals surface area contributed by atoms with Gasteiger partial charge < -0.3 is 4.90 Å². The SMILES string of the molecule is CON(C)C(=O)CN(C)c1nc2c(C(F)(F)F)cccc2s1. The minimum atomic E-state index is -4.46. The second-order valence-corrected chi connectivity index (χ2v) is 5.59. The minimum absolute atomic E-state index is 0.0501. The lowest BCUT2D eigenvalue weighted by Gasteiger charge is -2.19. The van der Waals surface area contributed by atoms with Crippen LogP contribution in [0.2, 0.25) is 0 Å². The van der Waals surface area contributed by atoms with Crippen LogP contribution >= 0.6 is 11.3 Å². The van der Waals surface area contributed by atoms with Gasteiger partial charge >= 0.3 is 6.18 Å². The maximum atomic E-state index is 13.0. The van der Waals surface area contributed by atoms with Crippen molar-refractivity contribution in [3.63, 3.8) is 0 Å². The summed E-state index contributed by atoms with van der Waals surface area (Å²) in [4.78, 5) is 22.0. The molecular weight excluding hydrogens is 319 g/mol. The fraction of sp³-hybridized carbons (Fsp3) is 0.385. The zero-order valence-electron chi connectivity index (χ0n) is 12.1. The number of hydrogen-bond donors (Lipinski definition) is 0. The molecule has 2 rings (SSSR count). The Morgan fingerprint density at radius 3 is 2.64 bits per heavy atom. The molecule has 1 heterocycles. The first-order valence-corrected chi connectivity index (χ1v) is 7.04. The predicted octanol–water partition coefficient (Wildman–Crippen LogP) is 2.77. The van der Waals surface area contributed by atoms with Gasteiger partial charge in [0, 0.05) is 14.1 Å². The lowest BCUT2D eigenvalue weighted by Crippen LogP contribution is -2.35. The number of alkyl halides is 3. The molecule has 1 aromatic carbocycles. The second kappa shape index (κ2) is 6.09. The Hall–Kier alpha value is -1.87. The smallest absolute Gasteiger partial charge is 0.342 e. The van der Waals surface area contributed by atoms with Crippen LogP contribution in [0.15, 0.2) is 18.2 Å². The summed E-state index contributed by atoms with van der Waals surface area (Å²) >= 11 is 1.10. The van der Waals surface area contributed by atoms with E-state index in [0.29, 0.717) is 9.83 Å². The number of hydroxylamine groups is 2. The molecule has 1 aromatic heterocycles. The van der Waals surface area contributed by atoms with E-state index in [1.807, 2.05) is 0 Å². The van der Waals surface area contributed by atoms with Crippen LogP contribution in [-0.2, 0) is 15.8 Å². The van der Waals surface area contributed by atoms with Gasteiger partial charge in [-0.3, -0.25) is 9.63 Å². The van der Waals surface area contributed by atoms with Gasteiger partial charge in [-0.15, -0.1) is 0 Å². The van der Waals surface area contributed by atoms with Crippen LogP contribution < -0.4 is 4.90 Å². The third-order valence-corrected chi connectivity index (χ3v) is 4.17. The zero-order valence-corrected chi connectivity index (χ0v) is 13.0. The monoisotopic (exact) mass is 333 g/mol. The summed E-state index contributed by atoms with van der Waals surface area (Å²) in [7, 11) is 4.40. The molecule has 0 spiro atoms. The van der Waals surface area contributed by atoms with E-state index in [2.05, 4.69) is 4.98 Å². The second-order valence-electron chi connectivity index (χ2n) is 4.58. The highest BCUT2D eigenvalue weighted by atomic mass is 32.1. The lowest BCUT2D eigenvalue weighted by atomic mass is 10.2. The van der Waals surface area contributed by atoms with Gasteiger partial charge in [-0.25, -0.2) is 10.0 Å². The van der Waals surface area contributed by atoms with E-state index >= 15 is 0 Å². The average molecular weight is 333 g/mol. The molecule has 0 aliphatic rings. The van der Waals surface area contributed by atoms with Crippen molar-refractivity contribution in [3.8, 4) is 0 Å². The zero-order chi connectivity index (χ0) is 16.5. The Bertz CT molecular complexity index is 687. The number of nitrogens with zero attached hydrogens (tertiary/aromatic N) is 3. The van der Waals surface area contributed by atoms with Crippen LogP contribution in [0.5, 0.6) is 0 Å². The molecule has 5 nitrogen and oxygen atoms in total. The molecule has 22 heavy (non-hydrogen) atoms. The number of carbonyl (C=O) groups is 1. The van der Waals surface area contributed by atoms with Gasteiger partial charge in [-0.05, 0) is 12.1 Å². The van der Waals surface area contributed by atoms with E-state index < -0.39 is 11.7 Å². The van der Waals surface area contributed by atoms with Crippen LogP contribution in [0.1, 0.15) is 5.56 Å². The maximum Gasteiger partial charge on any atom is 0.418 e. The molecule has 0 radical (unpaired) electrons. The molecule has 0 fully saturated rings. The van der Waals surface area contributed by atoms with Crippen LogP contribution in [0, 0.1) is 0 Å². The number of carbonyl (C=O) groups excluding carboxylic acids is 1. The van der Waals surface area contributed by atoms with Gasteiger partial charge in [-0.1, -0.05) is 17.4 Å². The molecule has 0 saturated carbocycles. The number of likely N-dealkylation sites (N-methyl/N-ethyl adjacent to an activating group) is 2. The van der Waals surface area contributed by atoms with E-state index in [-0.39, 0.29) is 18.0 Å². The highest BCUT2D eigenvalue weighted by molar-refractivity contribution is 7.22. The van der Waals surface area contributed by atoms with Crippen LogP contribution in [0.3, 0.4) is 0 Å². The number of rotatable bonds is 4. The number of hydrogen-bond acceptors (Lipinski definition) is 5. The van der Waals surface area contributed by atoms with Crippen molar-refractivity contribution in [2.75, 3.05) is 32.6 Å². The Morgan fingerprint density at radius 1 is 1.36 bits per heavy atom. The summed E-state index contributed by atoms with van der Waals surface area (Å²) in [5.41, 5.74) is -0.879. The van der Waals surface area contributed by atoms with E-state index in [9.17, 15) is 18.0 Å². The average Bonchev–Trinajstić information content (AvgIpc) is 2.88. The molecule has 0 aliphatic heterocycles. The number of para-hydroxylation sites is 1. The summed E-state index contributed by atoms with van der Waals surface area (Å²) in [5.74, 6) is -0.333. The quantitative estimate of drug-likeness (QED) is 0.807. The maximum absolute atomic E-state index is 13.0. The third-order valence-electron chi connectivity index (χ3n) is 3.04. The largest absolute Gasteiger partial charge is 0.418 e. The van der Waals surface area contributed by atoms with Gasteiger partial charge in [0.1, 0.15) is 6.54 Å². The number of anilines is 1. The minimum Gasteiger partial charge on any atom is -0.342 e. The molecule has 0 saturated heterocycles. The summed E-state index contributed by atoms with van der Waals surface area (Å²) in [5, 5.41) is 1.38. The lowest BCUT2D eigenvalue weighted by molar-refractivity contribution is -0.166. The van der Waals surface area contributed by atoms with E-state index in [1.54, 1.807) is 13.1 Å². The highest BCUT2D eigenvalue weighted by Crippen LogP contribution is 2.38. The molecule has 0 aliphatic carbocycles. The van der Waals surface area contributed by atoms with Crippen molar-refractivity contribution in [2.45, 2.75) is 6.18 Å². The van der Waals surface area contributed by atoms with Gasteiger partial charge in [0.25, 0.3) is 5.91 Å². The first-order chi connectivity index (χ1) is 10.2. The molecule has 0 unspecified atom stereocenters. The standard InChI is InChI=1S/C13H14F3N3O2S/c1-18(7-10(20)19(2)21-3)12-17-11-8(13(14,15)16)5-4-6-9(11)22-12/h4-6H,7H2,1-3H3. The number of fused-ring (bicyclic) bond motifs is 1. The Labute approximate surface area is 128 Å². The normalized spacial score (nSPS) is 11.7. The predicted molar refractivity (Wildman–Crippen MR) is 77.7 cm³/mol. The third kappa shape index (κ3) is 3.30. The molecule has 0 atom stereocenters. The molecule has 0 bridgehead atoms. The van der Waals surface area contributed by atoms with Crippen molar-refractivity contribution in [2.24, 2.45) is 0 Å². The first kappa shape index (κ1) is 16.5. The van der Waals surface area contributed by atoms with Gasteiger partial charge in [-0.2, -0.15) is 13.2 Å². The van der Waals surface area contributed by atoms with Gasteiger partial charge in [0.2, 0.25) is 0 Å². The van der Waals surface area contributed by atoms with Crippen LogP contribution in [-0.4, -0.2) is 43.7 Å². The van der Waals surface area contributed by atoms with Crippen molar-refractivity contribution < 1.29 is 22.8 Å². The molecule has 1 amide bonds. The van der Waals surface area contributed by atoms with Gasteiger partial charge in [0.05, 0.1) is 22.9 Å². The molecule has 120 valence electrons. The number of benzene rings is 1. The van der Waals surface area contributed by atoms with Crippen molar-refractivity contribution in [3.05, 3.63) is 23.8 Å². The first-order valence-electron chi connectivity index (χ1n) is 6.22. The number of aromatic nitrogens is 1. The van der Waals surface area contributed by atoms with Crippen molar-refractivity contribution >= 4 is 32.6 Å². The topological polar surface area (TPSA) is 45.7 Å². The van der Waals surface area contributed by atoms with E-state index in [1.165, 1.54) is 25.1 Å². The van der Waals surface area contributed by atoms with Gasteiger partial charge in [0.15, 0.2) is 5.13 Å². The van der Waals surface area contributed by atoms with Crippen molar-refractivity contribution in [1.82, 2.24) is 10.0 Å². The number of thiazole rings is 1. The summed E-state index contributed by atoms with van der Waals surface area (Å²) in [6, 6.07) is 3.91. The summed E-state index contributed by atoms with van der Waals surface area (Å²) in [6.45, 7) is -0.0501. The molecular formula is C13H14F3N3O2S. The molecule has 9 heteroatoms. The van der Waals surface area contributed by atoms with E-state index in [4.69, 9.17) is 4.84 Å². The Morgan fingerprint density at radius 2 is 2.05 bits per heavy atom. The molecule has 0 N–H and O–H groups in total. The van der Waals surface area contributed by atoms with Crippen LogP contribution in [0.4, 0.5) is 18.3 Å². The fourth-order valence-electron chi connectivity index (χ4n) is 1.80. The fourth-order valence-corrected chi connectivity index (χ4v) is 2.75. The Balaban J connectivity index is 2.32.